The Kier molecular flexibility index (Phi) is 9.75. The Bertz CT molecular complexity index is 847. The molecule has 1 unspecified atom stereocenters. The predicted molar refractivity (Wildman–Crippen MR) is 129 cm³/mol. The summed E-state index contributed by atoms with van der Waals surface area (Å²) in [7, 11) is 0. The second-order valence-corrected chi connectivity index (χ2v) is 8.66. The van der Waals surface area contributed by atoms with Crippen molar-refractivity contribution in [2.24, 2.45) is 0 Å². The molecule has 3 rings (SSSR count). The summed E-state index contributed by atoms with van der Waals surface area (Å²) < 4.78 is 10.4. The third-order valence-corrected chi connectivity index (χ3v) is 5.66. The second kappa shape index (κ2) is 12.8. The molecule has 0 amide bonds. The average Bonchev–Trinajstić information content (AvgIpc) is 2.79. The van der Waals surface area contributed by atoms with E-state index in [9.17, 15) is 4.79 Å². The van der Waals surface area contributed by atoms with Crippen LogP contribution in [-0.2, 0) is 14.3 Å². The van der Waals surface area contributed by atoms with Gasteiger partial charge in [0.1, 0.15) is 6.61 Å². The third kappa shape index (κ3) is 7.75. The van der Waals surface area contributed by atoms with E-state index in [0.717, 1.165) is 37.7 Å². The number of ether oxygens (including phenoxy) is 2. The van der Waals surface area contributed by atoms with Crippen molar-refractivity contribution in [3.63, 3.8) is 0 Å². The van der Waals surface area contributed by atoms with E-state index in [2.05, 4.69) is 58.3 Å². The van der Waals surface area contributed by atoms with Gasteiger partial charge in [0, 0.05) is 37.7 Å². The lowest BCUT2D eigenvalue weighted by Crippen LogP contribution is -2.47. The highest BCUT2D eigenvalue weighted by atomic mass is 35.5. The van der Waals surface area contributed by atoms with Crippen molar-refractivity contribution >= 4 is 17.6 Å². The van der Waals surface area contributed by atoms with Gasteiger partial charge in [0.25, 0.3) is 0 Å². The molecule has 0 saturated carbocycles. The zero-order valence-corrected chi connectivity index (χ0v) is 19.7. The molecule has 5 nitrogen and oxygen atoms in total. The average molecular weight is 457 g/mol. The lowest BCUT2D eigenvalue weighted by Gasteiger charge is -2.39. The van der Waals surface area contributed by atoms with Gasteiger partial charge in [-0.05, 0) is 37.1 Å². The van der Waals surface area contributed by atoms with E-state index in [4.69, 9.17) is 21.1 Å². The zero-order chi connectivity index (χ0) is 22.8. The topological polar surface area (TPSA) is 42.0 Å². The maximum absolute atomic E-state index is 11.5. The maximum atomic E-state index is 11.5. The summed E-state index contributed by atoms with van der Waals surface area (Å²) in [5.41, 5.74) is 2.57. The summed E-state index contributed by atoms with van der Waals surface area (Å²) >= 11 is 6.12. The van der Waals surface area contributed by atoms with Crippen LogP contribution >= 0.6 is 11.6 Å². The minimum absolute atomic E-state index is 0.00718. The molecule has 1 atom stereocenters. The Morgan fingerprint density at radius 2 is 1.62 bits per heavy atom. The fraction of sp³-hybridized carbons (Fsp3) is 0.423. The molecule has 1 saturated heterocycles. The second-order valence-electron chi connectivity index (χ2n) is 8.23. The van der Waals surface area contributed by atoms with Crippen molar-refractivity contribution < 1.29 is 14.3 Å². The fourth-order valence-corrected chi connectivity index (χ4v) is 4.02. The fourth-order valence-electron chi connectivity index (χ4n) is 3.90. The molecule has 32 heavy (non-hydrogen) atoms. The molecule has 1 aliphatic heterocycles. The number of piperazine rings is 1. The van der Waals surface area contributed by atoms with Crippen molar-refractivity contribution in [2.75, 3.05) is 45.9 Å². The minimum atomic E-state index is -0.321. The quantitative estimate of drug-likeness (QED) is 0.297. The van der Waals surface area contributed by atoms with Crippen LogP contribution in [0.25, 0.3) is 0 Å². The van der Waals surface area contributed by atoms with Gasteiger partial charge in [-0.15, -0.1) is 0 Å². The van der Waals surface area contributed by atoms with Gasteiger partial charge in [-0.25, -0.2) is 4.79 Å². The molecular weight excluding hydrogens is 424 g/mol. The Morgan fingerprint density at radius 3 is 2.28 bits per heavy atom. The van der Waals surface area contributed by atoms with Crippen molar-refractivity contribution in [1.29, 1.82) is 0 Å². The number of carbonyl (C=O) groups excluding carboxylic acids is 1. The standard InChI is InChI=1S/C26H33ClN2O3/c1-21(2)32-25(30)20-31-19-7-6-14-28-15-17-29(18-16-28)26(22-8-4-3-5-9-22)23-10-12-24(27)13-11-23/h3-13,21,26H,14-20H2,1-2H3. The molecule has 1 aliphatic rings. The lowest BCUT2D eigenvalue weighted by molar-refractivity contribution is -0.152. The molecule has 0 aromatic heterocycles. The van der Waals surface area contributed by atoms with Crippen LogP contribution in [-0.4, -0.2) is 67.8 Å². The molecule has 0 aliphatic carbocycles. The van der Waals surface area contributed by atoms with Crippen LogP contribution in [0.15, 0.2) is 66.7 Å². The van der Waals surface area contributed by atoms with Crippen LogP contribution in [0.2, 0.25) is 5.02 Å². The smallest absolute Gasteiger partial charge is 0.332 e. The molecule has 0 spiro atoms. The molecule has 0 bridgehead atoms. The number of hydrogen-bond donors (Lipinski definition) is 0. The molecule has 172 valence electrons. The van der Waals surface area contributed by atoms with E-state index in [1.54, 1.807) is 0 Å². The number of nitrogens with zero attached hydrogens (tertiary/aromatic N) is 2. The highest BCUT2D eigenvalue weighted by Crippen LogP contribution is 2.30. The summed E-state index contributed by atoms with van der Waals surface area (Å²) in [5.74, 6) is -0.321. The van der Waals surface area contributed by atoms with E-state index in [1.165, 1.54) is 11.1 Å². The number of rotatable bonds is 10. The monoisotopic (exact) mass is 456 g/mol. The molecule has 0 radical (unpaired) electrons. The van der Waals surface area contributed by atoms with Crippen LogP contribution in [0, 0.1) is 0 Å². The first-order valence-electron chi connectivity index (χ1n) is 11.2. The van der Waals surface area contributed by atoms with Gasteiger partial charge in [-0.2, -0.15) is 0 Å². The molecule has 0 N–H and O–H groups in total. The number of carbonyl (C=O) groups is 1. The van der Waals surface area contributed by atoms with Crippen LogP contribution in [0.1, 0.15) is 31.0 Å². The molecule has 1 fully saturated rings. The number of halogens is 1. The number of hydrogen-bond acceptors (Lipinski definition) is 5. The van der Waals surface area contributed by atoms with E-state index in [0.29, 0.717) is 6.61 Å². The summed E-state index contributed by atoms with van der Waals surface area (Å²) in [4.78, 5) is 16.4. The summed E-state index contributed by atoms with van der Waals surface area (Å²) in [6.45, 7) is 8.94. The van der Waals surface area contributed by atoms with Crippen molar-refractivity contribution in [3.05, 3.63) is 82.9 Å². The summed E-state index contributed by atoms with van der Waals surface area (Å²) in [6, 6.07) is 19.1. The molecule has 6 heteroatoms. The van der Waals surface area contributed by atoms with Crippen molar-refractivity contribution in [2.45, 2.75) is 26.0 Å². The van der Waals surface area contributed by atoms with Crippen molar-refractivity contribution in [1.82, 2.24) is 9.80 Å². The highest BCUT2D eigenvalue weighted by molar-refractivity contribution is 6.30. The Hall–Kier alpha value is -2.18. The van der Waals surface area contributed by atoms with Gasteiger partial charge < -0.3 is 9.47 Å². The number of esters is 1. The molecular formula is C26H33ClN2O3. The third-order valence-electron chi connectivity index (χ3n) is 5.40. The number of benzene rings is 2. The summed E-state index contributed by atoms with van der Waals surface area (Å²) in [6.07, 6.45) is 3.97. The van der Waals surface area contributed by atoms with E-state index in [-0.39, 0.29) is 24.7 Å². The van der Waals surface area contributed by atoms with Gasteiger partial charge in [0.15, 0.2) is 0 Å². The normalized spacial score (nSPS) is 16.5. The van der Waals surface area contributed by atoms with Crippen LogP contribution in [0.5, 0.6) is 0 Å². The molecule has 2 aromatic carbocycles. The van der Waals surface area contributed by atoms with Crippen LogP contribution in [0.3, 0.4) is 0 Å². The molecule has 1 heterocycles. The van der Waals surface area contributed by atoms with Gasteiger partial charge in [-0.3, -0.25) is 9.80 Å². The Balaban J connectivity index is 1.48. The van der Waals surface area contributed by atoms with E-state index >= 15 is 0 Å². The van der Waals surface area contributed by atoms with Gasteiger partial charge in [-0.1, -0.05) is 66.2 Å². The van der Waals surface area contributed by atoms with E-state index in [1.807, 2.05) is 32.1 Å². The lowest BCUT2D eigenvalue weighted by atomic mass is 9.96. The van der Waals surface area contributed by atoms with Crippen LogP contribution < -0.4 is 0 Å². The predicted octanol–water partition coefficient (Wildman–Crippen LogP) is 4.57. The first-order chi connectivity index (χ1) is 15.5. The first-order valence-corrected chi connectivity index (χ1v) is 11.6. The van der Waals surface area contributed by atoms with Gasteiger partial charge in [0.2, 0.25) is 0 Å². The van der Waals surface area contributed by atoms with E-state index < -0.39 is 0 Å². The summed E-state index contributed by atoms with van der Waals surface area (Å²) in [5, 5.41) is 0.762. The zero-order valence-electron chi connectivity index (χ0n) is 19.0. The highest BCUT2D eigenvalue weighted by Gasteiger charge is 2.26. The Labute approximate surface area is 196 Å². The minimum Gasteiger partial charge on any atom is -0.461 e. The largest absolute Gasteiger partial charge is 0.461 e. The Morgan fingerprint density at radius 1 is 0.969 bits per heavy atom. The molecule has 2 aromatic rings. The van der Waals surface area contributed by atoms with Gasteiger partial charge in [0.05, 0.1) is 18.8 Å². The maximum Gasteiger partial charge on any atom is 0.332 e. The van der Waals surface area contributed by atoms with Gasteiger partial charge >= 0.3 is 5.97 Å². The van der Waals surface area contributed by atoms with Crippen LogP contribution in [0.4, 0.5) is 0 Å². The SMILES string of the molecule is CC(C)OC(=O)COCC=CCN1CCN(C(c2ccccc2)c2ccc(Cl)cc2)CC1. The van der Waals surface area contributed by atoms with Crippen molar-refractivity contribution in [3.8, 4) is 0 Å². The first kappa shape index (κ1) is 24.5.